The molecule has 13 heavy (non-hydrogen) atoms. The van der Waals surface area contributed by atoms with Gasteiger partial charge in [0, 0.05) is 5.56 Å². The second kappa shape index (κ2) is 4.23. The highest BCUT2D eigenvalue weighted by Crippen LogP contribution is 2.24. The number of hydrogen-bond donors (Lipinski definition) is 0. The van der Waals surface area contributed by atoms with Crippen molar-refractivity contribution in [1.82, 2.24) is 0 Å². The lowest BCUT2D eigenvalue weighted by atomic mass is 10.2. The lowest BCUT2D eigenvalue weighted by molar-refractivity contribution is 0.112. The number of rotatable bonds is 3. The molecule has 4 heteroatoms. The van der Waals surface area contributed by atoms with Crippen LogP contribution in [0, 0.1) is 5.82 Å². The maximum absolute atomic E-state index is 13.0. The van der Waals surface area contributed by atoms with E-state index in [0.717, 1.165) is 6.07 Å². The molecule has 0 spiro atoms. The Bertz CT molecular complexity index is 326. The molecule has 0 N–H and O–H groups in total. The van der Waals surface area contributed by atoms with Crippen LogP contribution in [0.5, 0.6) is 5.75 Å². The Morgan fingerprint density at radius 3 is 2.85 bits per heavy atom. The highest BCUT2D eigenvalue weighted by atomic mass is 35.5. The van der Waals surface area contributed by atoms with Gasteiger partial charge in [-0.1, -0.05) is 11.6 Å². The molecule has 2 nitrogen and oxygen atoms in total. The maximum atomic E-state index is 13.0. The normalized spacial score (nSPS) is 9.77. The number of halogens is 2. The predicted molar refractivity (Wildman–Crippen MR) is 48.0 cm³/mol. The van der Waals surface area contributed by atoms with Crippen LogP contribution in [0.1, 0.15) is 17.3 Å². The minimum atomic E-state index is -0.558. The molecule has 70 valence electrons. The van der Waals surface area contributed by atoms with Gasteiger partial charge < -0.3 is 4.74 Å². The summed E-state index contributed by atoms with van der Waals surface area (Å²) in [5.41, 5.74) is 0.228. The van der Waals surface area contributed by atoms with Gasteiger partial charge in [-0.25, -0.2) is 4.39 Å². The molecule has 0 aliphatic heterocycles. The molecule has 0 aromatic heterocycles. The van der Waals surface area contributed by atoms with Crippen LogP contribution in [0.3, 0.4) is 0 Å². The van der Waals surface area contributed by atoms with E-state index in [-0.39, 0.29) is 16.3 Å². The fraction of sp³-hybridized carbons (Fsp3) is 0.222. The Morgan fingerprint density at radius 2 is 2.31 bits per heavy atom. The van der Waals surface area contributed by atoms with Crippen molar-refractivity contribution in [3.8, 4) is 5.75 Å². The van der Waals surface area contributed by atoms with Crippen LogP contribution in [-0.4, -0.2) is 12.9 Å². The third kappa shape index (κ3) is 2.18. The van der Waals surface area contributed by atoms with E-state index in [2.05, 4.69) is 0 Å². The molecule has 0 bridgehead atoms. The molecular weight excluding hydrogens is 195 g/mol. The van der Waals surface area contributed by atoms with Gasteiger partial charge in [-0.3, -0.25) is 4.79 Å². The van der Waals surface area contributed by atoms with Crippen molar-refractivity contribution >= 4 is 17.9 Å². The topological polar surface area (TPSA) is 26.3 Å². The lowest BCUT2D eigenvalue weighted by Gasteiger charge is -2.05. The summed E-state index contributed by atoms with van der Waals surface area (Å²) in [6.45, 7) is 2.07. The van der Waals surface area contributed by atoms with E-state index in [4.69, 9.17) is 16.3 Å². The highest BCUT2D eigenvalue weighted by Gasteiger charge is 2.08. The minimum absolute atomic E-state index is 0.0500. The zero-order valence-corrected chi connectivity index (χ0v) is 7.77. The third-order valence-corrected chi connectivity index (χ3v) is 1.81. The predicted octanol–water partition coefficient (Wildman–Crippen LogP) is 2.69. The molecule has 0 aliphatic rings. The van der Waals surface area contributed by atoms with Crippen LogP contribution in [0.15, 0.2) is 12.1 Å². The molecule has 0 fully saturated rings. The summed E-state index contributed by atoms with van der Waals surface area (Å²) < 4.78 is 18.0. The number of benzene rings is 1. The zero-order valence-electron chi connectivity index (χ0n) is 7.01. The summed E-state index contributed by atoms with van der Waals surface area (Å²) in [4.78, 5) is 10.4. The van der Waals surface area contributed by atoms with Crippen LogP contribution in [0.4, 0.5) is 4.39 Å². The van der Waals surface area contributed by atoms with Gasteiger partial charge in [0.2, 0.25) is 0 Å². The van der Waals surface area contributed by atoms with Gasteiger partial charge in [0.15, 0.2) is 17.9 Å². The Balaban J connectivity index is 3.14. The monoisotopic (exact) mass is 202 g/mol. The van der Waals surface area contributed by atoms with Gasteiger partial charge in [0.05, 0.1) is 11.6 Å². The van der Waals surface area contributed by atoms with E-state index >= 15 is 0 Å². The average Bonchev–Trinajstić information content (AvgIpc) is 2.10. The Morgan fingerprint density at radius 1 is 1.62 bits per heavy atom. The SMILES string of the molecule is CCOc1cc(C=O)c(Cl)cc1F. The van der Waals surface area contributed by atoms with Gasteiger partial charge in [-0.05, 0) is 19.1 Å². The fourth-order valence-corrected chi connectivity index (χ4v) is 1.10. The Hall–Kier alpha value is -1.09. The molecule has 1 aromatic carbocycles. The lowest BCUT2D eigenvalue weighted by Crippen LogP contribution is -1.96. The quantitative estimate of drug-likeness (QED) is 0.705. The third-order valence-electron chi connectivity index (χ3n) is 1.48. The molecular formula is C9H8ClFO2. The molecule has 0 radical (unpaired) electrons. The van der Waals surface area contributed by atoms with Gasteiger partial charge in [0.25, 0.3) is 0 Å². The molecule has 0 aliphatic carbocycles. The first-order valence-corrected chi connectivity index (χ1v) is 4.13. The molecule has 0 amide bonds. The van der Waals surface area contributed by atoms with Crippen molar-refractivity contribution in [2.45, 2.75) is 6.92 Å². The number of ether oxygens (including phenoxy) is 1. The second-order valence-corrected chi connectivity index (χ2v) is 2.76. The van der Waals surface area contributed by atoms with Gasteiger partial charge >= 0.3 is 0 Å². The summed E-state index contributed by atoms with van der Waals surface area (Å²) in [7, 11) is 0. The van der Waals surface area contributed by atoms with Crippen molar-refractivity contribution in [2.75, 3.05) is 6.61 Å². The Labute approximate surface area is 80.3 Å². The minimum Gasteiger partial charge on any atom is -0.491 e. The zero-order chi connectivity index (χ0) is 9.84. The number of aldehydes is 1. The van der Waals surface area contributed by atoms with Crippen LogP contribution in [0.25, 0.3) is 0 Å². The summed E-state index contributed by atoms with van der Waals surface area (Å²) in [6.07, 6.45) is 0.560. The van der Waals surface area contributed by atoms with Crippen molar-refractivity contribution in [3.05, 3.63) is 28.5 Å². The first-order valence-electron chi connectivity index (χ1n) is 3.76. The van der Waals surface area contributed by atoms with E-state index in [0.29, 0.717) is 12.9 Å². The summed E-state index contributed by atoms with van der Waals surface area (Å²) in [6, 6.07) is 2.35. The largest absolute Gasteiger partial charge is 0.491 e. The molecule has 0 heterocycles. The van der Waals surface area contributed by atoms with E-state index in [1.54, 1.807) is 6.92 Å². The smallest absolute Gasteiger partial charge is 0.166 e. The molecule has 0 saturated carbocycles. The number of carbonyl (C=O) groups is 1. The summed E-state index contributed by atoms with van der Waals surface area (Å²) >= 11 is 5.57. The first kappa shape index (κ1) is 9.99. The van der Waals surface area contributed by atoms with Gasteiger partial charge in [-0.15, -0.1) is 0 Å². The standard InChI is InChI=1S/C9H8ClFO2/c1-2-13-9-3-6(5-12)7(10)4-8(9)11/h3-5H,2H2,1H3. The number of carbonyl (C=O) groups excluding carboxylic acids is 1. The first-order chi connectivity index (χ1) is 6.19. The Kier molecular flexibility index (Phi) is 3.25. The summed E-state index contributed by atoms with van der Waals surface area (Å²) in [5, 5.41) is 0.0935. The van der Waals surface area contributed by atoms with E-state index < -0.39 is 5.82 Å². The van der Waals surface area contributed by atoms with E-state index in [1.807, 2.05) is 0 Å². The van der Waals surface area contributed by atoms with Gasteiger partial charge in [-0.2, -0.15) is 0 Å². The van der Waals surface area contributed by atoms with Crippen LogP contribution in [-0.2, 0) is 0 Å². The molecule has 1 rings (SSSR count). The van der Waals surface area contributed by atoms with E-state index in [1.165, 1.54) is 6.07 Å². The van der Waals surface area contributed by atoms with Crippen molar-refractivity contribution in [2.24, 2.45) is 0 Å². The van der Waals surface area contributed by atoms with Crippen molar-refractivity contribution < 1.29 is 13.9 Å². The second-order valence-electron chi connectivity index (χ2n) is 2.36. The van der Waals surface area contributed by atoms with Crippen LogP contribution in [0.2, 0.25) is 5.02 Å². The average molecular weight is 203 g/mol. The molecule has 0 saturated heterocycles. The van der Waals surface area contributed by atoms with Crippen molar-refractivity contribution in [3.63, 3.8) is 0 Å². The fourth-order valence-electron chi connectivity index (χ4n) is 0.901. The van der Waals surface area contributed by atoms with E-state index in [9.17, 15) is 9.18 Å². The molecule has 0 atom stereocenters. The number of hydrogen-bond acceptors (Lipinski definition) is 2. The van der Waals surface area contributed by atoms with Crippen LogP contribution >= 0.6 is 11.6 Å². The van der Waals surface area contributed by atoms with Crippen LogP contribution < -0.4 is 4.74 Å². The maximum Gasteiger partial charge on any atom is 0.166 e. The summed E-state index contributed by atoms with van der Waals surface area (Å²) in [5.74, 6) is -0.508. The molecule has 1 aromatic rings. The van der Waals surface area contributed by atoms with Gasteiger partial charge in [0.1, 0.15) is 0 Å². The highest BCUT2D eigenvalue weighted by molar-refractivity contribution is 6.33. The van der Waals surface area contributed by atoms with Crippen molar-refractivity contribution in [1.29, 1.82) is 0 Å². The molecule has 0 unspecified atom stereocenters.